The van der Waals surface area contributed by atoms with E-state index in [0.717, 1.165) is 125 Å². The van der Waals surface area contributed by atoms with E-state index in [1.807, 2.05) is 326 Å². The Morgan fingerprint density at radius 3 is 0.662 bits per heavy atom. The zero-order valence-corrected chi connectivity index (χ0v) is 81.6. The first kappa shape index (κ1) is 95.6. The summed E-state index contributed by atoms with van der Waals surface area (Å²) in [5, 5.41) is 6.52. The van der Waals surface area contributed by atoms with Crippen LogP contribution in [0.2, 0.25) is 0 Å². The van der Waals surface area contributed by atoms with Gasteiger partial charge >= 0.3 is 0 Å². The molecule has 0 spiro atoms. The Labute approximate surface area is 838 Å². The Kier molecular flexibility index (Phi) is 34.8. The largest absolute Gasteiger partial charge is 0.493 e. The average Bonchev–Trinajstić information content (AvgIpc) is 1.47. The van der Waals surface area contributed by atoms with E-state index in [1.54, 1.807) is 11.8 Å². The van der Waals surface area contributed by atoms with Crippen molar-refractivity contribution >= 4 is 81.3 Å². The third-order valence-electron chi connectivity index (χ3n) is 22.2. The summed E-state index contributed by atoms with van der Waals surface area (Å²) in [4.78, 5) is 0. The Balaban J connectivity index is 0.495. The van der Waals surface area contributed by atoms with E-state index in [1.165, 1.54) is 16.9 Å². The summed E-state index contributed by atoms with van der Waals surface area (Å²) in [6, 6.07) is 129. The van der Waals surface area contributed by atoms with E-state index in [4.69, 9.17) is 66.3 Å². The summed E-state index contributed by atoms with van der Waals surface area (Å²) in [6.07, 6.45) is 3.02. The lowest BCUT2D eigenvalue weighted by Gasteiger charge is -2.16. The SMILES string of the molecule is C1=C(SCCCCCOc2cccc3c(OCc4cc(OCc5cc(OCc6ccccc6)cc(OCc6ccccc6)c5)cc(OCc5cc(OCc6ccccc6)cc(OCc6ccccc6)c5)c4)cccc23)S/C(=C2/SC=C(SCc3cc(OCc4cc(OCc5ccccc5)cc(OCc5ccccc5)c4)cc(OCc4cc(OCc5ccccc5)cc(OCc5ccccc5)c4)c3)S2)S1. The molecule has 2 aliphatic heterocycles. The number of benzene rings is 16. The summed E-state index contributed by atoms with van der Waals surface area (Å²) < 4.78 is 97.0. The van der Waals surface area contributed by atoms with E-state index in [0.29, 0.717) is 134 Å². The van der Waals surface area contributed by atoms with Crippen molar-refractivity contribution in [2.24, 2.45) is 0 Å². The maximum absolute atomic E-state index is 6.82. The molecular formula is C119H104O14S6. The first-order valence-electron chi connectivity index (χ1n) is 46.3. The second-order valence-electron chi connectivity index (χ2n) is 33.1. The number of unbranched alkanes of at least 4 members (excludes halogenated alkanes) is 2. The third-order valence-corrected chi connectivity index (χ3v) is 30.4. The molecule has 14 nitrogen and oxygen atoms in total. The lowest BCUT2D eigenvalue weighted by atomic mass is 10.1. The van der Waals surface area contributed by atoms with Crippen molar-refractivity contribution in [3.05, 3.63) is 494 Å². The Hall–Kier alpha value is -13.7. The van der Waals surface area contributed by atoms with Crippen LogP contribution in [0, 0.1) is 0 Å². The molecule has 16 aromatic carbocycles. The number of thioether (sulfide) groups is 6. The molecule has 0 aliphatic carbocycles. The van der Waals surface area contributed by atoms with Gasteiger partial charge < -0.3 is 66.3 Å². The van der Waals surface area contributed by atoms with E-state index in [-0.39, 0.29) is 33.0 Å². The van der Waals surface area contributed by atoms with Gasteiger partial charge in [-0.15, -0.1) is 23.5 Å². The Morgan fingerprint density at radius 2 is 0.403 bits per heavy atom. The van der Waals surface area contributed by atoms with Crippen molar-refractivity contribution in [1.29, 1.82) is 0 Å². The van der Waals surface area contributed by atoms with Gasteiger partial charge in [0.15, 0.2) is 0 Å². The van der Waals surface area contributed by atoms with Crippen LogP contribution in [-0.2, 0) is 91.6 Å². The van der Waals surface area contributed by atoms with Crippen molar-refractivity contribution in [2.45, 2.75) is 111 Å². The van der Waals surface area contributed by atoms with Crippen LogP contribution in [0.3, 0.4) is 0 Å². The van der Waals surface area contributed by atoms with Gasteiger partial charge in [-0.05, 0) is 199 Å². The Bertz CT molecular complexity index is 6190. The van der Waals surface area contributed by atoms with Gasteiger partial charge in [0.25, 0.3) is 0 Å². The molecule has 0 saturated carbocycles. The van der Waals surface area contributed by atoms with E-state index in [9.17, 15) is 0 Å². The number of rotatable bonds is 50. The molecule has 0 amide bonds. The van der Waals surface area contributed by atoms with Crippen molar-refractivity contribution in [3.63, 3.8) is 0 Å². The molecule has 139 heavy (non-hydrogen) atoms. The van der Waals surface area contributed by atoms with Crippen LogP contribution in [0.1, 0.15) is 97.2 Å². The van der Waals surface area contributed by atoms with Crippen LogP contribution in [0.5, 0.6) is 80.5 Å². The van der Waals surface area contributed by atoms with E-state index >= 15 is 0 Å². The van der Waals surface area contributed by atoms with Crippen molar-refractivity contribution in [2.75, 3.05) is 12.4 Å². The van der Waals surface area contributed by atoms with Gasteiger partial charge in [-0.25, -0.2) is 0 Å². The second-order valence-corrected chi connectivity index (χ2v) is 40.1. The molecule has 0 fully saturated rings. The smallest absolute Gasteiger partial charge is 0.127 e. The molecule has 0 saturated heterocycles. The molecule has 0 atom stereocenters. The molecule has 0 N–H and O–H groups in total. The van der Waals surface area contributed by atoms with Crippen LogP contribution in [-0.4, -0.2) is 12.4 Å². The van der Waals surface area contributed by atoms with E-state index < -0.39 is 0 Å². The number of ether oxygens (including phenoxy) is 14. The van der Waals surface area contributed by atoms with Crippen LogP contribution in [0.25, 0.3) is 10.8 Å². The molecular weight excluding hydrogens is 1850 g/mol. The molecule has 0 unspecified atom stereocenters. The van der Waals surface area contributed by atoms with Gasteiger partial charge in [0, 0.05) is 52.9 Å². The highest BCUT2D eigenvalue weighted by Crippen LogP contribution is 2.59. The minimum absolute atomic E-state index is 0.207. The zero-order valence-electron chi connectivity index (χ0n) is 76.7. The van der Waals surface area contributed by atoms with Gasteiger partial charge in [-0.2, -0.15) is 0 Å². The highest BCUT2D eigenvalue weighted by Gasteiger charge is 2.24. The molecule has 0 radical (unpaired) electrons. The quantitative estimate of drug-likeness (QED) is 0.0335. The van der Waals surface area contributed by atoms with Gasteiger partial charge in [0.05, 0.1) is 23.6 Å². The fourth-order valence-corrected chi connectivity index (χ4v) is 22.9. The summed E-state index contributed by atoms with van der Waals surface area (Å²) in [5.74, 6) is 11.2. The second kappa shape index (κ2) is 50.6. The first-order chi connectivity index (χ1) is 68.7. The summed E-state index contributed by atoms with van der Waals surface area (Å²) >= 11 is 11.1. The standard InChI is InChI=1S/C119H104O14S6/c1-10-30-86(31-11-1)70-121-100-52-94(53-101(64-100)122-71-87-32-12-2-13-33-87)78-129-108-60-98(61-109(68-108)130-79-95-54-102(123-72-88-34-14-3-15-35-88)65-103(55-95)124-73-89-36-16-4-17-37-89)82-133-115-49-29-46-112-113(115)47-28-48-114(112)120-50-26-9-27-51-134-116-84-136-118(138-116)119-137-85-117(139-119)135-83-99-62-110(131-80-96-56-104(125-74-90-38-18-5-19-39-90)66-105(57-96)126-75-91-40-20-6-21-41-91)69-111(63-99)132-81-97-58-106(127-76-92-42-22-7-23-43-92)67-107(59-97)128-77-93-44-24-8-25-45-93/h1-8,10-25,28-49,52-69,84-85H,9,26-27,50-51,70-83H2/b119-118-. The minimum Gasteiger partial charge on any atom is -0.493 e. The van der Waals surface area contributed by atoms with Crippen LogP contribution in [0.15, 0.2) is 416 Å². The number of hydrogen-bond donors (Lipinski definition) is 0. The molecule has 2 aliphatic rings. The molecule has 0 aromatic heterocycles. The van der Waals surface area contributed by atoms with Gasteiger partial charge in [0.1, 0.15) is 166 Å². The third kappa shape index (κ3) is 30.2. The van der Waals surface area contributed by atoms with Crippen molar-refractivity contribution in [3.8, 4) is 80.5 Å². The number of hydrogen-bond acceptors (Lipinski definition) is 20. The fraction of sp³-hybridized carbons (Fsp3) is 0.160. The fourth-order valence-electron chi connectivity index (χ4n) is 15.2. The van der Waals surface area contributed by atoms with Crippen LogP contribution < -0.4 is 66.3 Å². The predicted molar refractivity (Wildman–Crippen MR) is 567 cm³/mol. The number of fused-ring (bicyclic) bond motifs is 1. The molecule has 0 bridgehead atoms. The van der Waals surface area contributed by atoms with Crippen molar-refractivity contribution < 1.29 is 66.3 Å². The summed E-state index contributed by atoms with van der Waals surface area (Å²) in [6.45, 7) is 4.93. The molecule has 700 valence electrons. The van der Waals surface area contributed by atoms with Crippen molar-refractivity contribution in [1.82, 2.24) is 0 Å². The van der Waals surface area contributed by atoms with Crippen LogP contribution in [0.4, 0.5) is 0 Å². The van der Waals surface area contributed by atoms with Gasteiger partial charge in [-0.3, -0.25) is 0 Å². The van der Waals surface area contributed by atoms with Crippen LogP contribution >= 0.6 is 70.6 Å². The zero-order chi connectivity index (χ0) is 93.9. The molecule has 18 rings (SSSR count). The maximum Gasteiger partial charge on any atom is 0.127 e. The lowest BCUT2D eigenvalue weighted by Crippen LogP contribution is -2.04. The monoisotopic (exact) mass is 1950 g/mol. The Morgan fingerprint density at radius 1 is 0.180 bits per heavy atom. The maximum atomic E-state index is 6.82. The van der Waals surface area contributed by atoms with Gasteiger partial charge in [0.2, 0.25) is 0 Å². The summed E-state index contributed by atoms with van der Waals surface area (Å²) in [5.41, 5.74) is 13.9. The highest BCUT2D eigenvalue weighted by molar-refractivity contribution is 8.40. The molecule has 20 heteroatoms. The van der Waals surface area contributed by atoms with Gasteiger partial charge in [-0.1, -0.05) is 314 Å². The summed E-state index contributed by atoms with van der Waals surface area (Å²) in [7, 11) is 0. The normalized spacial score (nSPS) is 12.7. The minimum atomic E-state index is 0.207. The average molecular weight is 1950 g/mol. The lowest BCUT2D eigenvalue weighted by molar-refractivity contribution is 0.273. The molecule has 16 aromatic rings. The highest BCUT2D eigenvalue weighted by atomic mass is 32.2. The first-order valence-corrected chi connectivity index (χ1v) is 51.6. The topological polar surface area (TPSA) is 129 Å². The molecule has 2 heterocycles. The predicted octanol–water partition coefficient (Wildman–Crippen LogP) is 31.3. The van der Waals surface area contributed by atoms with E-state index in [2.05, 4.69) is 132 Å².